The number of amides is 2. The zero-order valence-electron chi connectivity index (χ0n) is 15.3. The van der Waals surface area contributed by atoms with Crippen LogP contribution in [0.5, 0.6) is 0 Å². The minimum Gasteiger partial charge on any atom is -0.355 e. The lowest BCUT2D eigenvalue weighted by Crippen LogP contribution is -2.57. The molecule has 142 valence electrons. The highest BCUT2D eigenvalue weighted by atomic mass is 16.2. The first-order valence-electron chi connectivity index (χ1n) is 9.98. The predicted octanol–water partition coefficient (Wildman–Crippen LogP) is 0.0837. The molecule has 0 aromatic heterocycles. The van der Waals surface area contributed by atoms with E-state index < -0.39 is 0 Å². The lowest BCUT2D eigenvalue weighted by Gasteiger charge is -2.39. The van der Waals surface area contributed by atoms with Gasteiger partial charge in [0, 0.05) is 38.6 Å². The second-order valence-corrected chi connectivity index (χ2v) is 7.67. The van der Waals surface area contributed by atoms with Crippen molar-refractivity contribution in [2.24, 2.45) is 5.92 Å². The number of nitrogens with one attached hydrogen (secondary N) is 3. The van der Waals surface area contributed by atoms with Gasteiger partial charge in [-0.15, -0.1) is 0 Å². The molecular weight excluding hydrogens is 318 g/mol. The third-order valence-corrected chi connectivity index (χ3v) is 5.75. The van der Waals surface area contributed by atoms with Crippen molar-refractivity contribution in [2.75, 3.05) is 45.8 Å². The summed E-state index contributed by atoms with van der Waals surface area (Å²) >= 11 is 0. The molecule has 7 nitrogen and oxygen atoms in total. The summed E-state index contributed by atoms with van der Waals surface area (Å²) in [6.45, 7) is 6.58. The van der Waals surface area contributed by atoms with E-state index in [4.69, 9.17) is 0 Å². The summed E-state index contributed by atoms with van der Waals surface area (Å²) in [6, 6.07) is 0.210. The highest BCUT2D eigenvalue weighted by molar-refractivity contribution is 5.79. The molecule has 0 aromatic rings. The molecule has 3 saturated heterocycles. The fourth-order valence-electron chi connectivity index (χ4n) is 4.26. The molecule has 0 spiro atoms. The number of piperidine rings is 1. The number of rotatable bonds is 5. The Balaban J connectivity index is 1.39. The number of likely N-dealkylation sites (tertiary alicyclic amines) is 2. The quantitative estimate of drug-likeness (QED) is 0.654. The first-order chi connectivity index (χ1) is 12.2. The number of nitrogens with zero attached hydrogens (tertiary/aromatic N) is 2. The number of hydrogen-bond donors (Lipinski definition) is 3. The fourth-order valence-corrected chi connectivity index (χ4v) is 4.26. The Hall–Kier alpha value is -1.18. The second kappa shape index (κ2) is 9.50. The average Bonchev–Trinajstić information content (AvgIpc) is 2.91. The molecule has 3 rings (SSSR count). The monoisotopic (exact) mass is 351 g/mol. The smallest absolute Gasteiger partial charge is 0.235 e. The Morgan fingerprint density at radius 1 is 1.12 bits per heavy atom. The first-order valence-corrected chi connectivity index (χ1v) is 9.98. The minimum atomic E-state index is 0.0419. The largest absolute Gasteiger partial charge is 0.355 e. The highest BCUT2D eigenvalue weighted by Gasteiger charge is 2.32. The van der Waals surface area contributed by atoms with Crippen LogP contribution >= 0.6 is 0 Å². The molecule has 25 heavy (non-hydrogen) atoms. The molecule has 2 unspecified atom stereocenters. The molecule has 3 aliphatic heterocycles. The van der Waals surface area contributed by atoms with Gasteiger partial charge in [-0.1, -0.05) is 12.8 Å². The van der Waals surface area contributed by atoms with Crippen molar-refractivity contribution < 1.29 is 9.59 Å². The molecule has 0 aliphatic carbocycles. The van der Waals surface area contributed by atoms with E-state index in [1.165, 1.54) is 38.8 Å². The topological polar surface area (TPSA) is 76.7 Å². The van der Waals surface area contributed by atoms with Gasteiger partial charge in [-0.25, -0.2) is 5.43 Å². The standard InChI is InChI=1S/C18H33N5O2/c24-17-12-16(13-20-21-17)23-10-5-6-15(14-23)18(25)19-7-11-22-8-3-1-2-4-9-22/h15-16,20H,1-14H2,(H,19,25)(H,21,24). The van der Waals surface area contributed by atoms with Crippen molar-refractivity contribution in [3.63, 3.8) is 0 Å². The first kappa shape index (κ1) is 18.6. The maximum Gasteiger partial charge on any atom is 0.235 e. The average molecular weight is 351 g/mol. The van der Waals surface area contributed by atoms with Crippen LogP contribution in [-0.2, 0) is 9.59 Å². The molecule has 2 amide bonds. The number of carbonyl (C=O) groups is 2. The number of hydrazine groups is 1. The van der Waals surface area contributed by atoms with Gasteiger partial charge in [0.2, 0.25) is 11.8 Å². The van der Waals surface area contributed by atoms with Gasteiger partial charge >= 0.3 is 0 Å². The molecule has 0 saturated carbocycles. The molecule has 0 aromatic carbocycles. The second-order valence-electron chi connectivity index (χ2n) is 7.67. The van der Waals surface area contributed by atoms with Crippen LogP contribution in [0.2, 0.25) is 0 Å². The summed E-state index contributed by atoms with van der Waals surface area (Å²) in [6.07, 6.45) is 7.77. The van der Waals surface area contributed by atoms with Crippen LogP contribution in [0.3, 0.4) is 0 Å². The van der Waals surface area contributed by atoms with Gasteiger partial charge in [0.15, 0.2) is 0 Å². The van der Waals surface area contributed by atoms with Crippen molar-refractivity contribution >= 4 is 11.8 Å². The van der Waals surface area contributed by atoms with Gasteiger partial charge in [-0.05, 0) is 45.3 Å². The number of hydrogen-bond acceptors (Lipinski definition) is 5. The Morgan fingerprint density at radius 3 is 2.68 bits per heavy atom. The van der Waals surface area contributed by atoms with Crippen molar-refractivity contribution in [3.8, 4) is 0 Å². The summed E-state index contributed by atoms with van der Waals surface area (Å²) in [7, 11) is 0. The van der Waals surface area contributed by atoms with E-state index in [0.29, 0.717) is 6.42 Å². The van der Waals surface area contributed by atoms with Crippen LogP contribution in [0.1, 0.15) is 44.9 Å². The van der Waals surface area contributed by atoms with E-state index in [2.05, 4.69) is 26.0 Å². The minimum absolute atomic E-state index is 0.0419. The molecule has 0 bridgehead atoms. The zero-order valence-corrected chi connectivity index (χ0v) is 15.3. The lowest BCUT2D eigenvalue weighted by atomic mass is 9.95. The third kappa shape index (κ3) is 5.66. The van der Waals surface area contributed by atoms with Crippen LogP contribution in [0.25, 0.3) is 0 Å². The van der Waals surface area contributed by atoms with Crippen LogP contribution in [-0.4, -0.2) is 73.5 Å². The van der Waals surface area contributed by atoms with Gasteiger partial charge in [-0.2, -0.15) is 0 Å². The normalized spacial score (nSPS) is 29.7. The van der Waals surface area contributed by atoms with Crippen molar-refractivity contribution in [1.82, 2.24) is 26.0 Å². The van der Waals surface area contributed by atoms with Gasteiger partial charge in [0.1, 0.15) is 0 Å². The number of carbonyl (C=O) groups excluding carboxylic acids is 2. The van der Waals surface area contributed by atoms with Crippen LogP contribution in [0, 0.1) is 5.92 Å². The molecule has 3 fully saturated rings. The molecule has 7 heteroatoms. The van der Waals surface area contributed by atoms with Crippen molar-refractivity contribution in [3.05, 3.63) is 0 Å². The van der Waals surface area contributed by atoms with Crippen LogP contribution in [0.4, 0.5) is 0 Å². The summed E-state index contributed by atoms with van der Waals surface area (Å²) in [5, 5.41) is 3.15. The van der Waals surface area contributed by atoms with Crippen molar-refractivity contribution in [2.45, 2.75) is 51.0 Å². The van der Waals surface area contributed by atoms with Gasteiger partial charge < -0.3 is 10.2 Å². The van der Waals surface area contributed by atoms with E-state index in [1.54, 1.807) is 0 Å². The van der Waals surface area contributed by atoms with Gasteiger partial charge in [0.25, 0.3) is 0 Å². The summed E-state index contributed by atoms with van der Waals surface area (Å²) < 4.78 is 0. The lowest BCUT2D eigenvalue weighted by molar-refractivity contribution is -0.128. The molecule has 3 N–H and O–H groups in total. The van der Waals surface area contributed by atoms with Gasteiger partial charge in [0.05, 0.1) is 5.92 Å². The van der Waals surface area contributed by atoms with E-state index in [-0.39, 0.29) is 23.8 Å². The predicted molar refractivity (Wildman–Crippen MR) is 96.8 cm³/mol. The molecule has 3 heterocycles. The maximum absolute atomic E-state index is 12.5. The summed E-state index contributed by atoms with van der Waals surface area (Å²) in [5.74, 6) is 0.288. The highest BCUT2D eigenvalue weighted by Crippen LogP contribution is 2.20. The Labute approximate surface area is 150 Å². The van der Waals surface area contributed by atoms with Crippen LogP contribution < -0.4 is 16.2 Å². The van der Waals surface area contributed by atoms with Crippen LogP contribution in [0.15, 0.2) is 0 Å². The molecule has 0 radical (unpaired) electrons. The fraction of sp³-hybridized carbons (Fsp3) is 0.889. The Morgan fingerprint density at radius 2 is 1.92 bits per heavy atom. The SMILES string of the molecule is O=C1CC(N2CCCC(C(=O)NCCN3CCCCCC3)C2)CNN1. The van der Waals surface area contributed by atoms with Crippen molar-refractivity contribution in [1.29, 1.82) is 0 Å². The summed E-state index contributed by atoms with van der Waals surface area (Å²) in [5.41, 5.74) is 5.60. The van der Waals surface area contributed by atoms with E-state index in [9.17, 15) is 9.59 Å². The molecular formula is C18H33N5O2. The Kier molecular flexibility index (Phi) is 7.07. The van der Waals surface area contributed by atoms with E-state index in [1.807, 2.05) is 0 Å². The maximum atomic E-state index is 12.5. The molecule has 2 atom stereocenters. The zero-order chi connectivity index (χ0) is 17.5. The van der Waals surface area contributed by atoms with Gasteiger partial charge in [-0.3, -0.25) is 19.9 Å². The van der Waals surface area contributed by atoms with E-state index >= 15 is 0 Å². The molecule has 3 aliphatic rings. The van der Waals surface area contributed by atoms with E-state index in [0.717, 1.165) is 45.6 Å². The third-order valence-electron chi connectivity index (χ3n) is 5.75. The summed E-state index contributed by atoms with van der Waals surface area (Å²) in [4.78, 5) is 28.9. The Bertz CT molecular complexity index is 451.